The first-order chi connectivity index (χ1) is 16.9. The SMILES string of the molecule is CC(c1cccc(-c2cc(-c3ccnn3C3CCOCC3)c3c(N)ncnn23)c1)N1CC(C)(C)C1. The number of nitrogens with two attached hydrogens (primary N) is 1. The van der Waals surface area contributed by atoms with E-state index in [4.69, 9.17) is 10.5 Å². The van der Waals surface area contributed by atoms with Crippen LogP contribution in [0.1, 0.15) is 51.3 Å². The Bertz CT molecular complexity index is 1360. The average Bonchev–Trinajstić information content (AvgIpc) is 3.48. The maximum absolute atomic E-state index is 6.42. The van der Waals surface area contributed by atoms with Crippen molar-refractivity contribution in [3.8, 4) is 22.5 Å². The van der Waals surface area contributed by atoms with Crippen LogP contribution in [0.5, 0.6) is 0 Å². The first kappa shape index (κ1) is 22.2. The van der Waals surface area contributed by atoms with Crippen molar-refractivity contribution in [2.45, 2.75) is 45.7 Å². The second-order valence-electron chi connectivity index (χ2n) is 10.7. The lowest BCUT2D eigenvalue weighted by atomic mass is 9.82. The van der Waals surface area contributed by atoms with Crippen LogP contribution < -0.4 is 5.73 Å². The van der Waals surface area contributed by atoms with E-state index in [1.165, 1.54) is 11.9 Å². The van der Waals surface area contributed by atoms with E-state index in [1.807, 2.05) is 10.7 Å². The zero-order valence-electron chi connectivity index (χ0n) is 20.7. The highest BCUT2D eigenvalue weighted by atomic mass is 16.5. The summed E-state index contributed by atoms with van der Waals surface area (Å²) in [7, 11) is 0. The zero-order valence-corrected chi connectivity index (χ0v) is 20.7. The Morgan fingerprint density at radius 3 is 2.63 bits per heavy atom. The lowest BCUT2D eigenvalue weighted by Gasteiger charge is -2.49. The fraction of sp³-hybridized carbons (Fsp3) is 0.444. The maximum Gasteiger partial charge on any atom is 0.152 e. The van der Waals surface area contributed by atoms with E-state index in [-0.39, 0.29) is 0 Å². The van der Waals surface area contributed by atoms with Gasteiger partial charge in [0.2, 0.25) is 0 Å². The largest absolute Gasteiger partial charge is 0.382 e. The van der Waals surface area contributed by atoms with Gasteiger partial charge in [-0.15, -0.1) is 0 Å². The Balaban J connectivity index is 1.43. The lowest BCUT2D eigenvalue weighted by Crippen LogP contribution is -2.53. The van der Waals surface area contributed by atoms with Crippen molar-refractivity contribution in [2.75, 3.05) is 32.0 Å². The molecule has 4 aromatic rings. The lowest BCUT2D eigenvalue weighted by molar-refractivity contribution is -0.000952. The van der Waals surface area contributed by atoms with E-state index in [9.17, 15) is 0 Å². The van der Waals surface area contributed by atoms with Gasteiger partial charge in [0, 0.05) is 49.7 Å². The standard InChI is InChI=1S/C27H33N7O/c1-18(32-15-27(2,3)16-32)19-5-4-6-20(13-19)24-14-22(25-26(28)29-17-31-34(24)25)23-7-10-30-33(23)21-8-11-35-12-9-21/h4-7,10,13-14,17-18,21H,8-9,11-12,15-16H2,1-3H3,(H2,28,29,31). The summed E-state index contributed by atoms with van der Waals surface area (Å²) in [5, 5.41) is 9.30. The molecule has 0 aliphatic carbocycles. The molecule has 0 bridgehead atoms. The minimum Gasteiger partial charge on any atom is -0.382 e. The molecule has 3 aromatic heterocycles. The van der Waals surface area contributed by atoms with Gasteiger partial charge in [-0.2, -0.15) is 10.2 Å². The van der Waals surface area contributed by atoms with E-state index in [0.29, 0.717) is 23.3 Å². The van der Waals surface area contributed by atoms with Crippen molar-refractivity contribution in [3.05, 3.63) is 54.5 Å². The molecule has 35 heavy (non-hydrogen) atoms. The van der Waals surface area contributed by atoms with Crippen LogP contribution in [0.4, 0.5) is 5.82 Å². The molecule has 8 nitrogen and oxygen atoms in total. The molecule has 8 heteroatoms. The zero-order chi connectivity index (χ0) is 24.2. The number of nitrogens with zero attached hydrogens (tertiary/aromatic N) is 6. The summed E-state index contributed by atoms with van der Waals surface area (Å²) in [6.45, 7) is 10.7. The quantitative estimate of drug-likeness (QED) is 0.458. The topological polar surface area (TPSA) is 86.5 Å². The summed E-state index contributed by atoms with van der Waals surface area (Å²) >= 11 is 0. The van der Waals surface area contributed by atoms with E-state index in [0.717, 1.165) is 67.2 Å². The first-order valence-electron chi connectivity index (χ1n) is 12.5. The fourth-order valence-corrected chi connectivity index (χ4v) is 5.71. The highest BCUT2D eigenvalue weighted by Gasteiger charge is 2.37. The van der Waals surface area contributed by atoms with E-state index in [1.54, 1.807) is 0 Å². The van der Waals surface area contributed by atoms with Gasteiger partial charge in [0.25, 0.3) is 0 Å². The van der Waals surface area contributed by atoms with Crippen LogP contribution in [-0.4, -0.2) is 55.6 Å². The molecule has 5 heterocycles. The summed E-state index contributed by atoms with van der Waals surface area (Å²) in [5.74, 6) is 0.466. The molecule has 0 radical (unpaired) electrons. The van der Waals surface area contributed by atoms with E-state index < -0.39 is 0 Å². The molecule has 2 aliphatic heterocycles. The van der Waals surface area contributed by atoms with Gasteiger partial charge in [0.05, 0.1) is 17.4 Å². The molecule has 1 unspecified atom stereocenters. The van der Waals surface area contributed by atoms with Crippen LogP contribution >= 0.6 is 0 Å². The molecule has 1 aromatic carbocycles. The van der Waals surface area contributed by atoms with Crippen molar-refractivity contribution >= 4 is 11.3 Å². The van der Waals surface area contributed by atoms with Crippen LogP contribution in [0.2, 0.25) is 0 Å². The number of rotatable bonds is 5. The maximum atomic E-state index is 6.42. The van der Waals surface area contributed by atoms with Crippen LogP contribution in [0.25, 0.3) is 28.0 Å². The molecule has 1 atom stereocenters. The van der Waals surface area contributed by atoms with Gasteiger partial charge in [-0.3, -0.25) is 9.58 Å². The van der Waals surface area contributed by atoms with Gasteiger partial charge in [0.1, 0.15) is 11.8 Å². The minimum absolute atomic E-state index is 0.308. The number of likely N-dealkylation sites (tertiary alicyclic amines) is 1. The Morgan fingerprint density at radius 2 is 1.86 bits per heavy atom. The van der Waals surface area contributed by atoms with Gasteiger partial charge in [-0.05, 0) is 48.9 Å². The van der Waals surface area contributed by atoms with Crippen molar-refractivity contribution in [3.63, 3.8) is 0 Å². The van der Waals surface area contributed by atoms with Gasteiger partial charge >= 0.3 is 0 Å². The van der Waals surface area contributed by atoms with Gasteiger partial charge in [0.15, 0.2) is 5.82 Å². The molecular weight excluding hydrogens is 438 g/mol. The van der Waals surface area contributed by atoms with Crippen LogP contribution in [0, 0.1) is 5.41 Å². The highest BCUT2D eigenvalue weighted by Crippen LogP contribution is 2.39. The molecule has 0 saturated carbocycles. The summed E-state index contributed by atoms with van der Waals surface area (Å²) < 4.78 is 9.63. The Hall–Kier alpha value is -3.23. The Kier molecular flexibility index (Phi) is 5.38. The Morgan fingerprint density at radius 1 is 1.06 bits per heavy atom. The van der Waals surface area contributed by atoms with Crippen molar-refractivity contribution in [2.24, 2.45) is 5.41 Å². The van der Waals surface area contributed by atoms with Crippen LogP contribution in [-0.2, 0) is 4.74 Å². The molecule has 2 fully saturated rings. The van der Waals surface area contributed by atoms with Crippen LogP contribution in [0.15, 0.2) is 48.9 Å². The average molecular weight is 472 g/mol. The molecule has 2 aliphatic rings. The first-order valence-corrected chi connectivity index (χ1v) is 12.5. The second kappa shape index (κ2) is 8.46. The second-order valence-corrected chi connectivity index (χ2v) is 10.7. The number of benzene rings is 1. The summed E-state index contributed by atoms with van der Waals surface area (Å²) in [6.07, 6.45) is 5.30. The third kappa shape index (κ3) is 3.90. The molecule has 2 N–H and O–H groups in total. The number of aromatic nitrogens is 5. The van der Waals surface area contributed by atoms with Gasteiger partial charge in [-0.1, -0.05) is 32.0 Å². The smallest absolute Gasteiger partial charge is 0.152 e. The molecule has 0 amide bonds. The number of fused-ring (bicyclic) bond motifs is 1. The summed E-state index contributed by atoms with van der Waals surface area (Å²) in [4.78, 5) is 6.85. The van der Waals surface area contributed by atoms with Gasteiger partial charge in [-0.25, -0.2) is 9.50 Å². The molecule has 6 rings (SSSR count). The molecule has 0 spiro atoms. The third-order valence-electron chi connectivity index (χ3n) is 7.54. The minimum atomic E-state index is 0.308. The summed E-state index contributed by atoms with van der Waals surface area (Å²) in [5.41, 5.74) is 13.1. The van der Waals surface area contributed by atoms with E-state index in [2.05, 4.69) is 81.9 Å². The number of nitrogen functional groups attached to an aromatic ring is 1. The van der Waals surface area contributed by atoms with E-state index >= 15 is 0 Å². The van der Waals surface area contributed by atoms with Gasteiger partial charge < -0.3 is 10.5 Å². The van der Waals surface area contributed by atoms with Crippen molar-refractivity contribution < 1.29 is 4.74 Å². The van der Waals surface area contributed by atoms with Crippen molar-refractivity contribution in [1.29, 1.82) is 0 Å². The molecule has 2 saturated heterocycles. The Labute approximate surface area is 205 Å². The number of hydrogen-bond donors (Lipinski definition) is 1. The number of ether oxygens (including phenoxy) is 1. The number of hydrogen-bond acceptors (Lipinski definition) is 6. The fourth-order valence-electron chi connectivity index (χ4n) is 5.71. The predicted octanol–water partition coefficient (Wildman–Crippen LogP) is 4.60. The highest BCUT2D eigenvalue weighted by molar-refractivity contribution is 5.90. The van der Waals surface area contributed by atoms with Crippen molar-refractivity contribution in [1.82, 2.24) is 29.3 Å². The molecular formula is C27H33N7O. The monoisotopic (exact) mass is 471 g/mol. The van der Waals surface area contributed by atoms with Crippen LogP contribution in [0.3, 0.4) is 0 Å². The third-order valence-corrected chi connectivity index (χ3v) is 7.54. The number of anilines is 1. The summed E-state index contributed by atoms with van der Waals surface area (Å²) in [6, 6.07) is 13.7. The molecule has 182 valence electrons. The normalized spacial score (nSPS) is 19.6. The predicted molar refractivity (Wildman–Crippen MR) is 137 cm³/mol.